The van der Waals surface area contributed by atoms with Crippen molar-refractivity contribution >= 4 is 17.6 Å². The number of hydrogen-bond donors (Lipinski definition) is 2. The Kier molecular flexibility index (Phi) is 4.73. The first-order chi connectivity index (χ1) is 10.5. The zero-order valence-corrected chi connectivity index (χ0v) is 12.3. The average Bonchev–Trinajstić information content (AvgIpc) is 2.47. The van der Waals surface area contributed by atoms with E-state index in [4.69, 9.17) is 4.74 Å². The van der Waals surface area contributed by atoms with Crippen LogP contribution in [0.25, 0.3) is 0 Å². The Morgan fingerprint density at radius 1 is 1.23 bits per heavy atom. The molecule has 6 heteroatoms. The minimum absolute atomic E-state index is 0.222. The van der Waals surface area contributed by atoms with Gasteiger partial charge in [-0.15, -0.1) is 0 Å². The lowest BCUT2D eigenvalue weighted by Gasteiger charge is -2.10. The molecule has 1 aromatic carbocycles. The quantitative estimate of drug-likeness (QED) is 0.846. The molecular weight excluding hydrogens is 284 g/mol. The number of para-hydroxylation sites is 1. The Bertz CT molecular complexity index is 765. The number of anilines is 1. The van der Waals surface area contributed by atoms with E-state index in [1.54, 1.807) is 44.2 Å². The van der Waals surface area contributed by atoms with Gasteiger partial charge in [-0.05, 0) is 32.0 Å². The molecule has 1 heterocycles. The number of benzene rings is 1. The van der Waals surface area contributed by atoms with Gasteiger partial charge < -0.3 is 15.0 Å². The topological polar surface area (TPSA) is 88.3 Å². The molecule has 2 aromatic rings. The van der Waals surface area contributed by atoms with Crippen molar-refractivity contribution in [2.24, 2.45) is 0 Å². The lowest BCUT2D eigenvalue weighted by molar-refractivity contribution is 0.0527. The first kappa shape index (κ1) is 15.5. The summed E-state index contributed by atoms with van der Waals surface area (Å²) in [4.78, 5) is 38.1. The molecule has 1 amide bonds. The van der Waals surface area contributed by atoms with E-state index in [9.17, 15) is 14.4 Å². The Labute approximate surface area is 127 Å². The highest BCUT2D eigenvalue weighted by Gasteiger charge is 2.15. The van der Waals surface area contributed by atoms with Crippen molar-refractivity contribution in [2.75, 3.05) is 11.9 Å². The Morgan fingerprint density at radius 2 is 1.95 bits per heavy atom. The first-order valence-corrected chi connectivity index (χ1v) is 6.79. The van der Waals surface area contributed by atoms with Gasteiger partial charge in [0.1, 0.15) is 0 Å². The maximum absolute atomic E-state index is 12.2. The molecule has 0 radical (unpaired) electrons. The maximum atomic E-state index is 12.2. The van der Waals surface area contributed by atoms with E-state index in [1.165, 1.54) is 6.07 Å². The molecule has 114 valence electrons. The van der Waals surface area contributed by atoms with E-state index in [0.29, 0.717) is 11.4 Å². The van der Waals surface area contributed by atoms with Gasteiger partial charge in [0.2, 0.25) is 5.56 Å². The minimum Gasteiger partial charge on any atom is -0.462 e. The third kappa shape index (κ3) is 3.60. The molecule has 0 aliphatic rings. The second-order valence-electron chi connectivity index (χ2n) is 4.64. The molecule has 0 saturated heterocycles. The zero-order chi connectivity index (χ0) is 16.1. The second-order valence-corrected chi connectivity index (χ2v) is 4.64. The molecule has 2 rings (SSSR count). The molecule has 1 aromatic heterocycles. The number of carbonyl (C=O) groups excluding carboxylic acids is 2. The molecule has 6 nitrogen and oxygen atoms in total. The van der Waals surface area contributed by atoms with Gasteiger partial charge in [0.15, 0.2) is 0 Å². The Hall–Kier alpha value is -2.89. The zero-order valence-electron chi connectivity index (χ0n) is 12.3. The van der Waals surface area contributed by atoms with E-state index in [1.807, 2.05) is 0 Å². The monoisotopic (exact) mass is 300 g/mol. The summed E-state index contributed by atoms with van der Waals surface area (Å²) in [5, 5.41) is 2.63. The molecular formula is C16H16N2O4. The van der Waals surface area contributed by atoms with Crippen molar-refractivity contribution in [1.82, 2.24) is 4.98 Å². The van der Waals surface area contributed by atoms with Crippen molar-refractivity contribution in [3.05, 3.63) is 63.6 Å². The number of H-pyrrole nitrogens is 1. The van der Waals surface area contributed by atoms with E-state index in [-0.39, 0.29) is 23.3 Å². The largest absolute Gasteiger partial charge is 0.462 e. The first-order valence-electron chi connectivity index (χ1n) is 6.79. The van der Waals surface area contributed by atoms with Crippen LogP contribution in [0.5, 0.6) is 0 Å². The SMILES string of the molecule is CCOC(=O)c1ccccc1NC(=O)c1cc(C)[nH]c(=O)c1. The van der Waals surface area contributed by atoms with E-state index in [0.717, 1.165) is 0 Å². The van der Waals surface area contributed by atoms with Crippen LogP contribution in [0.1, 0.15) is 33.3 Å². The van der Waals surface area contributed by atoms with Crippen LogP contribution in [-0.2, 0) is 4.74 Å². The second kappa shape index (κ2) is 6.71. The van der Waals surface area contributed by atoms with Crippen LogP contribution in [0.3, 0.4) is 0 Å². The number of aromatic amines is 1. The number of rotatable bonds is 4. The molecule has 0 aliphatic carbocycles. The van der Waals surface area contributed by atoms with Crippen LogP contribution < -0.4 is 10.9 Å². The van der Waals surface area contributed by atoms with Crippen LogP contribution in [0.15, 0.2) is 41.2 Å². The molecule has 0 unspecified atom stereocenters. The summed E-state index contributed by atoms with van der Waals surface area (Å²) in [6, 6.07) is 9.31. The van der Waals surface area contributed by atoms with Gasteiger partial charge in [0.05, 0.1) is 17.9 Å². The Balaban J connectivity index is 2.29. The fourth-order valence-electron chi connectivity index (χ4n) is 1.99. The van der Waals surface area contributed by atoms with Crippen molar-refractivity contribution < 1.29 is 14.3 Å². The smallest absolute Gasteiger partial charge is 0.340 e. The predicted molar refractivity (Wildman–Crippen MR) is 82.2 cm³/mol. The summed E-state index contributed by atoms with van der Waals surface area (Å²) in [7, 11) is 0. The summed E-state index contributed by atoms with van der Waals surface area (Å²) in [5.41, 5.74) is 1.04. The van der Waals surface area contributed by atoms with Crippen LogP contribution in [-0.4, -0.2) is 23.5 Å². The number of aryl methyl sites for hydroxylation is 1. The van der Waals surface area contributed by atoms with Crippen molar-refractivity contribution in [1.29, 1.82) is 0 Å². The summed E-state index contributed by atoms with van der Waals surface area (Å²) in [5.74, 6) is -0.980. The fraction of sp³-hybridized carbons (Fsp3) is 0.188. The van der Waals surface area contributed by atoms with Gasteiger partial charge in [-0.3, -0.25) is 9.59 Å². The van der Waals surface area contributed by atoms with Crippen molar-refractivity contribution in [3.8, 4) is 0 Å². The van der Waals surface area contributed by atoms with Crippen molar-refractivity contribution in [3.63, 3.8) is 0 Å². The number of pyridine rings is 1. The normalized spacial score (nSPS) is 10.1. The highest BCUT2D eigenvalue weighted by molar-refractivity contribution is 6.08. The van der Waals surface area contributed by atoms with Crippen LogP contribution >= 0.6 is 0 Å². The van der Waals surface area contributed by atoms with E-state index >= 15 is 0 Å². The molecule has 22 heavy (non-hydrogen) atoms. The van der Waals surface area contributed by atoms with Crippen LogP contribution in [0.2, 0.25) is 0 Å². The molecule has 0 spiro atoms. The van der Waals surface area contributed by atoms with Gasteiger partial charge >= 0.3 is 5.97 Å². The molecule has 0 aliphatic heterocycles. The maximum Gasteiger partial charge on any atom is 0.340 e. The number of carbonyl (C=O) groups is 2. The summed E-state index contributed by atoms with van der Waals surface area (Å²) in [6.45, 7) is 3.64. The lowest BCUT2D eigenvalue weighted by atomic mass is 10.1. The average molecular weight is 300 g/mol. The van der Waals surface area contributed by atoms with Gasteiger partial charge in [-0.2, -0.15) is 0 Å². The minimum atomic E-state index is -0.513. The molecule has 0 atom stereocenters. The number of ether oxygens (including phenoxy) is 1. The molecule has 0 fully saturated rings. The van der Waals surface area contributed by atoms with Crippen LogP contribution in [0.4, 0.5) is 5.69 Å². The van der Waals surface area contributed by atoms with Gasteiger partial charge in [-0.1, -0.05) is 12.1 Å². The number of amides is 1. The molecule has 0 saturated carbocycles. The highest BCUT2D eigenvalue weighted by atomic mass is 16.5. The number of nitrogens with one attached hydrogen (secondary N) is 2. The third-order valence-corrected chi connectivity index (χ3v) is 2.91. The molecule has 0 bridgehead atoms. The summed E-state index contributed by atoms with van der Waals surface area (Å²) in [6.07, 6.45) is 0. The van der Waals surface area contributed by atoms with Crippen LogP contribution in [0, 0.1) is 6.92 Å². The standard InChI is InChI=1S/C16H16N2O4/c1-3-22-16(21)12-6-4-5-7-13(12)18-15(20)11-8-10(2)17-14(19)9-11/h4-9H,3H2,1-2H3,(H,17,19)(H,18,20). The van der Waals surface area contributed by atoms with Gasteiger partial charge in [0, 0.05) is 17.3 Å². The van der Waals surface area contributed by atoms with Gasteiger partial charge in [-0.25, -0.2) is 4.79 Å². The van der Waals surface area contributed by atoms with Gasteiger partial charge in [0.25, 0.3) is 5.91 Å². The fourth-order valence-corrected chi connectivity index (χ4v) is 1.99. The van der Waals surface area contributed by atoms with E-state index < -0.39 is 11.9 Å². The number of aromatic nitrogens is 1. The Morgan fingerprint density at radius 3 is 2.64 bits per heavy atom. The summed E-state index contributed by atoms with van der Waals surface area (Å²) < 4.78 is 4.95. The number of esters is 1. The third-order valence-electron chi connectivity index (χ3n) is 2.91. The summed E-state index contributed by atoms with van der Waals surface area (Å²) >= 11 is 0. The molecule has 2 N–H and O–H groups in total. The van der Waals surface area contributed by atoms with E-state index in [2.05, 4.69) is 10.3 Å². The lowest BCUT2D eigenvalue weighted by Crippen LogP contribution is -2.18. The predicted octanol–water partition coefficient (Wildman–Crippen LogP) is 2.11. The number of hydrogen-bond acceptors (Lipinski definition) is 4. The van der Waals surface area contributed by atoms with Crippen molar-refractivity contribution in [2.45, 2.75) is 13.8 Å². The highest BCUT2D eigenvalue weighted by Crippen LogP contribution is 2.17.